The molecule has 1 atom stereocenters. The van der Waals surface area contributed by atoms with Crippen LogP contribution in [0.1, 0.15) is 43.8 Å². The zero-order valence-electron chi connectivity index (χ0n) is 11.7. The van der Waals surface area contributed by atoms with Gasteiger partial charge < -0.3 is 14.6 Å². The van der Waals surface area contributed by atoms with Gasteiger partial charge >= 0.3 is 0 Å². The number of methoxy groups -OCH3 is 2. The van der Waals surface area contributed by atoms with Crippen LogP contribution in [0.4, 0.5) is 0 Å². The lowest BCUT2D eigenvalue weighted by Gasteiger charge is -2.20. The highest BCUT2D eigenvalue weighted by molar-refractivity contribution is 5.49. The summed E-state index contributed by atoms with van der Waals surface area (Å²) in [5.41, 5.74) is 1.82. The van der Waals surface area contributed by atoms with Gasteiger partial charge in [-0.05, 0) is 43.4 Å². The van der Waals surface area contributed by atoms with Crippen molar-refractivity contribution in [1.29, 1.82) is 0 Å². The maximum Gasteiger partial charge on any atom is 0.128 e. The van der Waals surface area contributed by atoms with Crippen molar-refractivity contribution in [2.24, 2.45) is 0 Å². The topological polar surface area (TPSA) is 38.7 Å². The summed E-state index contributed by atoms with van der Waals surface area (Å²) in [7, 11) is 3.24. The number of rotatable bonds is 4. The molecule has 0 fully saturated rings. The lowest BCUT2D eigenvalue weighted by atomic mass is 9.96. The van der Waals surface area contributed by atoms with Crippen LogP contribution in [0.3, 0.4) is 0 Å². The van der Waals surface area contributed by atoms with Gasteiger partial charge in [-0.25, -0.2) is 0 Å². The third kappa shape index (κ3) is 3.10. The van der Waals surface area contributed by atoms with E-state index in [0.29, 0.717) is 11.5 Å². The third-order valence-corrected chi connectivity index (χ3v) is 3.67. The Labute approximate surface area is 114 Å². The first kappa shape index (κ1) is 13.9. The van der Waals surface area contributed by atoms with Crippen LogP contribution in [0.2, 0.25) is 0 Å². The lowest BCUT2D eigenvalue weighted by Crippen LogP contribution is -2.06. The Balaban J connectivity index is 2.36. The molecule has 0 amide bonds. The predicted molar refractivity (Wildman–Crippen MR) is 75.7 cm³/mol. The molecule has 0 saturated carbocycles. The summed E-state index contributed by atoms with van der Waals surface area (Å²) >= 11 is 0. The summed E-state index contributed by atoms with van der Waals surface area (Å²) in [6.07, 6.45) is 7.11. The molecule has 0 saturated heterocycles. The molecule has 0 aliphatic heterocycles. The smallest absolute Gasteiger partial charge is 0.128 e. The predicted octanol–water partition coefficient (Wildman–Crippen LogP) is 3.63. The van der Waals surface area contributed by atoms with E-state index in [2.05, 4.69) is 6.08 Å². The van der Waals surface area contributed by atoms with Crippen LogP contribution < -0.4 is 9.47 Å². The lowest BCUT2D eigenvalue weighted by molar-refractivity contribution is 0.200. The number of aliphatic hydroxyl groups excluding tert-OH is 1. The van der Waals surface area contributed by atoms with Gasteiger partial charge in [0.2, 0.25) is 0 Å². The van der Waals surface area contributed by atoms with Gasteiger partial charge in [0.05, 0.1) is 19.8 Å². The second-order valence-corrected chi connectivity index (χ2v) is 4.86. The summed E-state index contributed by atoms with van der Waals surface area (Å²) < 4.78 is 10.7. The van der Waals surface area contributed by atoms with E-state index in [-0.39, 0.29) is 0 Å². The van der Waals surface area contributed by atoms with Gasteiger partial charge in [0.1, 0.15) is 17.6 Å². The van der Waals surface area contributed by atoms with Crippen LogP contribution in [0.15, 0.2) is 29.8 Å². The molecule has 1 aromatic rings. The molecular weight excluding hydrogens is 240 g/mol. The molecule has 104 valence electrons. The number of allylic oxidation sites excluding steroid dienone is 1. The minimum Gasteiger partial charge on any atom is -0.496 e. The highest BCUT2D eigenvalue weighted by atomic mass is 16.5. The molecule has 0 bridgehead atoms. The van der Waals surface area contributed by atoms with Gasteiger partial charge in [0.15, 0.2) is 0 Å². The van der Waals surface area contributed by atoms with Crippen molar-refractivity contribution < 1.29 is 14.6 Å². The fourth-order valence-corrected chi connectivity index (χ4v) is 2.62. The minimum absolute atomic E-state index is 0.635. The molecule has 1 aliphatic rings. The first-order chi connectivity index (χ1) is 9.27. The van der Waals surface area contributed by atoms with Gasteiger partial charge in [0.25, 0.3) is 0 Å². The van der Waals surface area contributed by atoms with Crippen LogP contribution in [0.25, 0.3) is 0 Å². The normalized spacial score (nSPS) is 17.3. The zero-order valence-corrected chi connectivity index (χ0v) is 11.7. The Hall–Kier alpha value is -1.48. The van der Waals surface area contributed by atoms with Crippen molar-refractivity contribution in [2.75, 3.05) is 14.2 Å². The van der Waals surface area contributed by atoms with Crippen LogP contribution in [-0.2, 0) is 0 Å². The average Bonchev–Trinajstić information content (AvgIpc) is 2.74. The van der Waals surface area contributed by atoms with Crippen molar-refractivity contribution in [2.45, 2.75) is 38.2 Å². The van der Waals surface area contributed by atoms with E-state index in [4.69, 9.17) is 9.47 Å². The molecule has 0 heterocycles. The third-order valence-electron chi connectivity index (χ3n) is 3.67. The van der Waals surface area contributed by atoms with E-state index < -0.39 is 6.10 Å². The van der Waals surface area contributed by atoms with Crippen LogP contribution in [0, 0.1) is 0 Å². The van der Waals surface area contributed by atoms with Crippen LogP contribution in [0.5, 0.6) is 11.5 Å². The Kier molecular flexibility index (Phi) is 4.86. The van der Waals surface area contributed by atoms with Crippen molar-refractivity contribution in [3.8, 4) is 11.5 Å². The molecule has 19 heavy (non-hydrogen) atoms. The highest BCUT2D eigenvalue weighted by Crippen LogP contribution is 2.39. The second kappa shape index (κ2) is 6.62. The Morgan fingerprint density at radius 1 is 1.05 bits per heavy atom. The van der Waals surface area contributed by atoms with Gasteiger partial charge in [-0.2, -0.15) is 0 Å². The Morgan fingerprint density at radius 2 is 1.74 bits per heavy atom. The molecule has 1 unspecified atom stereocenters. The van der Waals surface area contributed by atoms with E-state index >= 15 is 0 Å². The van der Waals surface area contributed by atoms with Gasteiger partial charge in [0, 0.05) is 0 Å². The summed E-state index contributed by atoms with van der Waals surface area (Å²) in [5.74, 6) is 1.36. The quantitative estimate of drug-likeness (QED) is 0.842. The standard InChI is InChI=1S/C16H22O3/c1-18-13-10-7-11-14(19-2)15(13)16(17)12-8-5-3-4-6-9-12/h7-8,10-11,16-17H,3-6,9H2,1-2H3. The van der Waals surface area contributed by atoms with Crippen molar-refractivity contribution >= 4 is 0 Å². The molecule has 1 aromatic carbocycles. The average molecular weight is 262 g/mol. The van der Waals surface area contributed by atoms with Crippen molar-refractivity contribution in [3.63, 3.8) is 0 Å². The minimum atomic E-state index is -0.635. The monoisotopic (exact) mass is 262 g/mol. The summed E-state index contributed by atoms with van der Waals surface area (Å²) in [5, 5.41) is 10.7. The molecule has 1 aliphatic carbocycles. The second-order valence-electron chi connectivity index (χ2n) is 4.86. The van der Waals surface area contributed by atoms with E-state index in [0.717, 1.165) is 30.4 Å². The molecule has 1 N–H and O–H groups in total. The molecule has 3 nitrogen and oxygen atoms in total. The first-order valence-electron chi connectivity index (χ1n) is 6.85. The summed E-state index contributed by atoms with van der Waals surface area (Å²) in [4.78, 5) is 0. The SMILES string of the molecule is COc1cccc(OC)c1C(O)C1=CCCCCC1. The van der Waals surface area contributed by atoms with E-state index in [9.17, 15) is 5.11 Å². The Bertz CT molecular complexity index is 429. The molecular formula is C16H22O3. The van der Waals surface area contributed by atoms with Crippen LogP contribution >= 0.6 is 0 Å². The molecule has 0 spiro atoms. The highest BCUT2D eigenvalue weighted by Gasteiger charge is 2.22. The largest absolute Gasteiger partial charge is 0.496 e. The fraction of sp³-hybridized carbons (Fsp3) is 0.500. The number of ether oxygens (including phenoxy) is 2. The number of hydrogen-bond acceptors (Lipinski definition) is 3. The maximum atomic E-state index is 10.7. The summed E-state index contributed by atoms with van der Waals surface area (Å²) in [6, 6.07) is 5.59. The fourth-order valence-electron chi connectivity index (χ4n) is 2.62. The van der Waals surface area contributed by atoms with Crippen LogP contribution in [-0.4, -0.2) is 19.3 Å². The summed E-state index contributed by atoms with van der Waals surface area (Å²) in [6.45, 7) is 0. The number of hydrogen-bond donors (Lipinski definition) is 1. The van der Waals surface area contributed by atoms with E-state index in [1.54, 1.807) is 14.2 Å². The molecule has 0 radical (unpaired) electrons. The Morgan fingerprint density at radius 3 is 2.37 bits per heavy atom. The first-order valence-corrected chi connectivity index (χ1v) is 6.85. The molecule has 0 aromatic heterocycles. The molecule has 3 heteroatoms. The van der Waals surface area contributed by atoms with Crippen molar-refractivity contribution in [1.82, 2.24) is 0 Å². The van der Waals surface area contributed by atoms with E-state index in [1.807, 2.05) is 18.2 Å². The van der Waals surface area contributed by atoms with Gasteiger partial charge in [-0.1, -0.05) is 18.6 Å². The van der Waals surface area contributed by atoms with Crippen molar-refractivity contribution in [3.05, 3.63) is 35.4 Å². The zero-order chi connectivity index (χ0) is 13.7. The molecule has 2 rings (SSSR count). The number of benzene rings is 1. The van der Waals surface area contributed by atoms with E-state index in [1.165, 1.54) is 12.8 Å². The van der Waals surface area contributed by atoms with Gasteiger partial charge in [-0.3, -0.25) is 0 Å². The number of aliphatic hydroxyl groups is 1. The van der Waals surface area contributed by atoms with Gasteiger partial charge in [-0.15, -0.1) is 0 Å². The maximum absolute atomic E-state index is 10.7.